The van der Waals surface area contributed by atoms with Crippen molar-refractivity contribution < 1.29 is 18.6 Å². The van der Waals surface area contributed by atoms with Crippen molar-refractivity contribution in [3.63, 3.8) is 0 Å². The quantitative estimate of drug-likeness (QED) is 0.859. The predicted octanol–water partition coefficient (Wildman–Crippen LogP) is 2.60. The molecule has 0 aliphatic rings. The molecule has 1 aromatic rings. The molecular weight excluding hydrogens is 234 g/mol. The van der Waals surface area contributed by atoms with E-state index in [2.05, 4.69) is 20.7 Å². The van der Waals surface area contributed by atoms with Crippen LogP contribution in [0.3, 0.4) is 0 Å². The lowest BCUT2D eigenvalue weighted by Crippen LogP contribution is -1.93. The maximum atomic E-state index is 12.7. The van der Waals surface area contributed by atoms with Crippen LogP contribution >= 0.6 is 15.9 Å². The van der Waals surface area contributed by atoms with E-state index in [1.54, 1.807) is 0 Å². The Morgan fingerprint density at radius 1 is 1.50 bits per heavy atom. The Morgan fingerprint density at radius 2 is 2.17 bits per heavy atom. The van der Waals surface area contributed by atoms with Crippen molar-refractivity contribution in [3.8, 4) is 11.5 Å². The Hall–Kier alpha value is -0.840. The van der Waals surface area contributed by atoms with E-state index in [1.807, 2.05) is 0 Å². The molecule has 5 heteroatoms. The molecule has 0 spiro atoms. The number of halogens is 3. The van der Waals surface area contributed by atoms with E-state index in [1.165, 1.54) is 0 Å². The highest BCUT2D eigenvalue weighted by Gasteiger charge is 2.07. The maximum Gasteiger partial charge on any atom is 0.228 e. The van der Waals surface area contributed by atoms with Crippen molar-refractivity contribution in [1.82, 2.24) is 0 Å². The highest BCUT2D eigenvalue weighted by molar-refractivity contribution is 9.10. The molecule has 66 valence electrons. The summed E-state index contributed by atoms with van der Waals surface area (Å²) in [6.45, 7) is -1.10. The zero-order chi connectivity index (χ0) is 9.14. The first-order chi connectivity index (χ1) is 5.65. The normalized spacial score (nSPS) is 9.92. The number of phenolic OH excluding ortho intramolecular Hbond substituents is 1. The molecule has 0 heterocycles. The van der Waals surface area contributed by atoms with Gasteiger partial charge in [-0.1, -0.05) is 0 Å². The van der Waals surface area contributed by atoms with Gasteiger partial charge in [-0.05, 0) is 15.9 Å². The lowest BCUT2D eigenvalue weighted by Gasteiger charge is -2.04. The van der Waals surface area contributed by atoms with Gasteiger partial charge >= 0.3 is 0 Å². The monoisotopic (exact) mass is 238 g/mol. The zero-order valence-corrected chi connectivity index (χ0v) is 7.44. The second-order valence-electron chi connectivity index (χ2n) is 1.99. The average molecular weight is 239 g/mol. The first-order valence-corrected chi connectivity index (χ1v) is 3.81. The van der Waals surface area contributed by atoms with Gasteiger partial charge in [0.15, 0.2) is 11.6 Å². The molecule has 0 unspecified atom stereocenters. The number of hydrogen-bond donors (Lipinski definition) is 1. The summed E-state index contributed by atoms with van der Waals surface area (Å²) in [5, 5.41) is 8.96. The molecule has 1 rings (SSSR count). The summed E-state index contributed by atoms with van der Waals surface area (Å²) in [6, 6.07) is 2.00. The third-order valence-electron chi connectivity index (χ3n) is 1.21. The number of ether oxygens (including phenoxy) is 1. The number of benzene rings is 1. The van der Waals surface area contributed by atoms with E-state index in [-0.39, 0.29) is 16.0 Å². The Labute approximate surface area is 75.9 Å². The molecule has 2 nitrogen and oxygen atoms in total. The lowest BCUT2D eigenvalue weighted by atomic mass is 10.3. The van der Waals surface area contributed by atoms with Crippen LogP contribution in [-0.4, -0.2) is 12.0 Å². The fourth-order valence-electron chi connectivity index (χ4n) is 0.687. The molecule has 1 aromatic carbocycles. The summed E-state index contributed by atoms with van der Waals surface area (Å²) in [4.78, 5) is 0. The van der Waals surface area contributed by atoms with Crippen molar-refractivity contribution >= 4 is 15.9 Å². The van der Waals surface area contributed by atoms with Gasteiger partial charge in [-0.2, -0.15) is 0 Å². The van der Waals surface area contributed by atoms with Gasteiger partial charge in [0.05, 0.1) is 4.47 Å². The van der Waals surface area contributed by atoms with Crippen molar-refractivity contribution in [3.05, 3.63) is 22.4 Å². The Bertz CT molecular complexity index is 291. The summed E-state index contributed by atoms with van der Waals surface area (Å²) in [5.41, 5.74) is 0. The smallest absolute Gasteiger partial charge is 0.228 e. The van der Waals surface area contributed by atoms with Gasteiger partial charge in [-0.25, -0.2) is 8.78 Å². The molecule has 0 aliphatic heterocycles. The summed E-state index contributed by atoms with van der Waals surface area (Å²) in [7, 11) is 0. The molecule has 0 fully saturated rings. The second kappa shape index (κ2) is 3.71. The molecule has 0 aliphatic carbocycles. The van der Waals surface area contributed by atoms with Crippen LogP contribution in [0.15, 0.2) is 16.6 Å². The molecule has 0 atom stereocenters. The minimum atomic E-state index is -1.10. The molecule has 0 saturated heterocycles. The van der Waals surface area contributed by atoms with Gasteiger partial charge in [0, 0.05) is 12.1 Å². The molecule has 1 N–H and O–H groups in total. The number of hydrogen-bond acceptors (Lipinski definition) is 2. The van der Waals surface area contributed by atoms with Crippen molar-refractivity contribution in [2.24, 2.45) is 0 Å². The highest BCUT2D eigenvalue weighted by atomic mass is 79.9. The van der Waals surface area contributed by atoms with Crippen LogP contribution in [0, 0.1) is 5.82 Å². The van der Waals surface area contributed by atoms with Gasteiger partial charge in [0.1, 0.15) is 5.75 Å². The van der Waals surface area contributed by atoms with Gasteiger partial charge in [0.2, 0.25) is 6.86 Å². The fraction of sp³-hybridized carbons (Fsp3) is 0.143. The Kier molecular flexibility index (Phi) is 2.86. The summed E-state index contributed by atoms with van der Waals surface area (Å²) < 4.78 is 28.9. The van der Waals surface area contributed by atoms with Crippen LogP contribution < -0.4 is 4.74 Å². The van der Waals surface area contributed by atoms with Crippen LogP contribution in [0.1, 0.15) is 0 Å². The molecule has 0 saturated carbocycles. The van der Waals surface area contributed by atoms with Crippen LogP contribution in [0.2, 0.25) is 0 Å². The van der Waals surface area contributed by atoms with E-state index in [9.17, 15) is 8.78 Å². The Balaban J connectivity index is 3.05. The first-order valence-electron chi connectivity index (χ1n) is 3.02. The molecule has 0 bridgehead atoms. The van der Waals surface area contributed by atoms with Crippen LogP contribution in [-0.2, 0) is 0 Å². The standard InChI is InChI=1S/C7H5BrF2O2/c8-4-1-7(12-3-9)5(10)2-6(4)11/h1-2,11H,3H2. The molecule has 12 heavy (non-hydrogen) atoms. The third kappa shape index (κ3) is 1.85. The molecule has 0 aromatic heterocycles. The molecular formula is C7H5BrF2O2. The van der Waals surface area contributed by atoms with Crippen LogP contribution in [0.5, 0.6) is 11.5 Å². The van der Waals surface area contributed by atoms with Crippen LogP contribution in [0.4, 0.5) is 8.78 Å². The zero-order valence-electron chi connectivity index (χ0n) is 5.85. The average Bonchev–Trinajstić information content (AvgIpc) is 2.01. The van der Waals surface area contributed by atoms with Gasteiger partial charge < -0.3 is 9.84 Å². The summed E-state index contributed by atoms with van der Waals surface area (Å²) >= 11 is 2.93. The number of aromatic hydroxyl groups is 1. The molecule has 0 radical (unpaired) electrons. The predicted molar refractivity (Wildman–Crippen MR) is 42.4 cm³/mol. The van der Waals surface area contributed by atoms with E-state index in [0.29, 0.717) is 0 Å². The van der Waals surface area contributed by atoms with Crippen LogP contribution in [0.25, 0.3) is 0 Å². The number of phenols is 1. The van der Waals surface area contributed by atoms with Gasteiger partial charge in [-0.15, -0.1) is 0 Å². The van der Waals surface area contributed by atoms with E-state index >= 15 is 0 Å². The minimum Gasteiger partial charge on any atom is -0.507 e. The van der Waals surface area contributed by atoms with Gasteiger partial charge in [0.25, 0.3) is 0 Å². The highest BCUT2D eigenvalue weighted by Crippen LogP contribution is 2.30. The topological polar surface area (TPSA) is 29.5 Å². The number of alkyl halides is 1. The summed E-state index contributed by atoms with van der Waals surface area (Å²) in [5.74, 6) is -1.28. The fourth-order valence-corrected chi connectivity index (χ4v) is 1.01. The number of rotatable bonds is 2. The third-order valence-corrected chi connectivity index (χ3v) is 1.85. The van der Waals surface area contributed by atoms with E-state index in [4.69, 9.17) is 5.11 Å². The van der Waals surface area contributed by atoms with Gasteiger partial charge in [-0.3, -0.25) is 0 Å². The maximum absolute atomic E-state index is 12.7. The van der Waals surface area contributed by atoms with Crippen molar-refractivity contribution in [1.29, 1.82) is 0 Å². The SMILES string of the molecule is Oc1cc(F)c(OCF)cc1Br. The minimum absolute atomic E-state index is 0.234. The lowest BCUT2D eigenvalue weighted by molar-refractivity contribution is 0.184. The first kappa shape index (κ1) is 9.25. The van der Waals surface area contributed by atoms with E-state index in [0.717, 1.165) is 12.1 Å². The largest absolute Gasteiger partial charge is 0.507 e. The van der Waals surface area contributed by atoms with Crippen molar-refractivity contribution in [2.45, 2.75) is 0 Å². The molecule has 0 amide bonds. The summed E-state index contributed by atoms with van der Waals surface area (Å²) in [6.07, 6.45) is 0. The second-order valence-corrected chi connectivity index (χ2v) is 2.84. The van der Waals surface area contributed by atoms with Crippen molar-refractivity contribution in [2.75, 3.05) is 6.86 Å². The Morgan fingerprint density at radius 3 is 2.75 bits per heavy atom. The van der Waals surface area contributed by atoms with E-state index < -0.39 is 12.7 Å².